The molecule has 11 nitrogen and oxygen atoms in total. The zero-order valence-corrected chi connectivity index (χ0v) is 47.4. The topological polar surface area (TPSA) is 155 Å². The quantitative estimate of drug-likeness (QED) is 0.0197. The Hall–Kier alpha value is -3.86. The molecule has 0 fully saturated rings. The summed E-state index contributed by atoms with van der Waals surface area (Å²) in [6, 6.07) is 0. The number of hydrogen-bond acceptors (Lipinski definition) is 10. The zero-order chi connectivity index (χ0) is 54.1. The van der Waals surface area contributed by atoms with Crippen molar-refractivity contribution in [2.75, 3.05) is 26.4 Å². The van der Waals surface area contributed by atoms with Crippen molar-refractivity contribution in [2.45, 2.75) is 238 Å². The van der Waals surface area contributed by atoms with Crippen LogP contribution in [0.5, 0.6) is 0 Å². The number of aliphatic hydroxyl groups is 1. The summed E-state index contributed by atoms with van der Waals surface area (Å²) in [6.45, 7) is 4.28. The molecule has 0 aliphatic rings. The van der Waals surface area contributed by atoms with Crippen LogP contribution in [0.15, 0.2) is 109 Å². The molecule has 74 heavy (non-hydrogen) atoms. The summed E-state index contributed by atoms with van der Waals surface area (Å²) in [4.78, 5) is 48.5. The van der Waals surface area contributed by atoms with E-state index >= 15 is 0 Å². The first-order valence-corrected chi connectivity index (χ1v) is 30.3. The molecule has 0 aliphatic carbocycles. The van der Waals surface area contributed by atoms with Gasteiger partial charge < -0.3 is 24.2 Å². The summed E-state index contributed by atoms with van der Waals surface area (Å²) >= 11 is 0. The van der Waals surface area contributed by atoms with Crippen LogP contribution < -0.4 is 0 Å². The van der Waals surface area contributed by atoms with Gasteiger partial charge >= 0.3 is 25.7 Å². The van der Waals surface area contributed by atoms with Crippen molar-refractivity contribution < 1.29 is 52.2 Å². The Labute approximate surface area is 450 Å². The highest BCUT2D eigenvalue weighted by Gasteiger charge is 2.28. The summed E-state index contributed by atoms with van der Waals surface area (Å²) in [6.07, 6.45) is 66.4. The fraction of sp³-hybridized carbons (Fsp3) is 0.661. The van der Waals surface area contributed by atoms with E-state index < -0.39 is 57.8 Å². The number of ether oxygens (including phenoxy) is 3. The number of unbranched alkanes of at least 4 members (excludes halogenated alkanes) is 17. The lowest BCUT2D eigenvalue weighted by Gasteiger charge is -2.21. The molecule has 0 aromatic carbocycles. The van der Waals surface area contributed by atoms with Gasteiger partial charge in [-0.05, 0) is 109 Å². The lowest BCUT2D eigenvalue weighted by Crippen LogP contribution is -2.30. The van der Waals surface area contributed by atoms with Crippen molar-refractivity contribution in [3.63, 3.8) is 0 Å². The van der Waals surface area contributed by atoms with Gasteiger partial charge in [0, 0.05) is 19.3 Å². The maximum atomic E-state index is 12.9. The molecule has 12 heteroatoms. The number of rotatable bonds is 52. The predicted octanol–water partition coefficient (Wildman–Crippen LogP) is 17.0. The van der Waals surface area contributed by atoms with E-state index in [-0.39, 0.29) is 25.9 Å². The molecular formula is C62H103O11P. The number of phosphoric acid groups is 1. The molecular weight excluding hydrogens is 952 g/mol. The fourth-order valence-corrected chi connectivity index (χ4v) is 8.14. The van der Waals surface area contributed by atoms with Crippen molar-refractivity contribution in [1.29, 1.82) is 0 Å². The van der Waals surface area contributed by atoms with Crippen LogP contribution in [-0.4, -0.2) is 66.5 Å². The number of aliphatic hydroxyl groups excluding tert-OH is 1. The van der Waals surface area contributed by atoms with E-state index in [4.69, 9.17) is 23.3 Å². The van der Waals surface area contributed by atoms with Gasteiger partial charge in [-0.15, -0.1) is 0 Å². The molecule has 0 heterocycles. The molecule has 0 saturated carbocycles. The largest absolute Gasteiger partial charge is 0.472 e. The molecule has 0 amide bonds. The first-order valence-electron chi connectivity index (χ1n) is 28.8. The van der Waals surface area contributed by atoms with Gasteiger partial charge in [0.05, 0.1) is 19.8 Å². The highest BCUT2D eigenvalue weighted by molar-refractivity contribution is 7.47. The minimum atomic E-state index is -4.78. The number of allylic oxidation sites excluding steroid dienone is 18. The van der Waals surface area contributed by atoms with Crippen LogP contribution in [0.1, 0.15) is 226 Å². The summed E-state index contributed by atoms with van der Waals surface area (Å²) in [5, 5.41) is 9.79. The van der Waals surface area contributed by atoms with Gasteiger partial charge in [0.15, 0.2) is 6.10 Å². The Kier molecular flexibility index (Phi) is 52.5. The molecule has 0 radical (unpaired) electrons. The molecule has 422 valence electrons. The summed E-state index contributed by atoms with van der Waals surface area (Å²) in [7, 11) is -4.78. The highest BCUT2D eigenvalue weighted by atomic mass is 31.2. The minimum absolute atomic E-state index is 0.0501. The van der Waals surface area contributed by atoms with Crippen molar-refractivity contribution >= 4 is 25.7 Å². The summed E-state index contributed by atoms with van der Waals surface area (Å²) in [5.41, 5.74) is 0. The molecule has 0 rings (SSSR count). The standard InChI is InChI=1S/C62H103O11P/c1-4-7-10-13-16-19-22-25-27-28-29-30-32-35-38-41-44-47-50-53-62(66)73-59(55-69-60(64)51-48-45-42-39-36-34-31-26-23-20-17-14-11-8-5-2)57-71-74(67,68)70-56-58(54-63)72-61(65)52-49-46-43-40-37-33-24-21-18-15-12-9-6-3/h8-9,11-12,16-21,25-27,31,33,37,43,46,58-59,63H,4-7,10,13-15,22-24,28-30,32,34-36,38-42,44-45,47-57H2,1-3H3,(H,67,68)/b11-8-,12-9-,19-16-,20-17-,21-18-,27-25-,31-26-,37-33-,46-43-. The number of phosphoric ester groups is 1. The van der Waals surface area contributed by atoms with Gasteiger partial charge in [-0.25, -0.2) is 4.57 Å². The summed E-state index contributed by atoms with van der Waals surface area (Å²) in [5.74, 6) is -1.58. The smallest absolute Gasteiger partial charge is 0.462 e. The first-order chi connectivity index (χ1) is 36.2. The molecule has 0 aromatic heterocycles. The molecule has 0 spiro atoms. The Morgan fingerprint density at radius 3 is 1.16 bits per heavy atom. The van der Waals surface area contributed by atoms with Crippen molar-refractivity contribution in [3.8, 4) is 0 Å². The van der Waals surface area contributed by atoms with Gasteiger partial charge in [0.2, 0.25) is 0 Å². The van der Waals surface area contributed by atoms with Crippen LogP contribution in [0.25, 0.3) is 0 Å². The van der Waals surface area contributed by atoms with Gasteiger partial charge in [0.1, 0.15) is 12.7 Å². The van der Waals surface area contributed by atoms with Crippen molar-refractivity contribution in [3.05, 3.63) is 109 Å². The van der Waals surface area contributed by atoms with E-state index in [9.17, 15) is 28.9 Å². The maximum absolute atomic E-state index is 12.9. The Bertz CT molecular complexity index is 1660. The minimum Gasteiger partial charge on any atom is -0.462 e. The molecule has 0 bridgehead atoms. The van der Waals surface area contributed by atoms with E-state index in [0.717, 1.165) is 109 Å². The number of hydrogen-bond donors (Lipinski definition) is 2. The van der Waals surface area contributed by atoms with Gasteiger partial charge in [-0.2, -0.15) is 0 Å². The van der Waals surface area contributed by atoms with Gasteiger partial charge in [0.25, 0.3) is 0 Å². The fourth-order valence-electron chi connectivity index (χ4n) is 7.35. The monoisotopic (exact) mass is 1050 g/mol. The van der Waals surface area contributed by atoms with Crippen molar-refractivity contribution in [2.24, 2.45) is 0 Å². The van der Waals surface area contributed by atoms with Crippen molar-refractivity contribution in [1.82, 2.24) is 0 Å². The third kappa shape index (κ3) is 53.0. The second-order valence-corrected chi connectivity index (χ2v) is 20.1. The summed E-state index contributed by atoms with van der Waals surface area (Å²) < 4.78 is 39.4. The van der Waals surface area contributed by atoms with Crippen LogP contribution in [0, 0.1) is 0 Å². The Morgan fingerprint density at radius 2 is 0.730 bits per heavy atom. The van der Waals surface area contributed by atoms with Gasteiger partial charge in [-0.3, -0.25) is 23.4 Å². The molecule has 3 unspecified atom stereocenters. The first kappa shape index (κ1) is 70.1. The van der Waals surface area contributed by atoms with E-state index in [2.05, 4.69) is 118 Å². The Balaban J connectivity index is 4.82. The lowest BCUT2D eigenvalue weighted by atomic mass is 10.1. The van der Waals surface area contributed by atoms with Gasteiger partial charge in [-0.1, -0.05) is 207 Å². The highest BCUT2D eigenvalue weighted by Crippen LogP contribution is 2.43. The van der Waals surface area contributed by atoms with E-state index in [1.165, 1.54) is 57.8 Å². The lowest BCUT2D eigenvalue weighted by molar-refractivity contribution is -0.161. The van der Waals surface area contributed by atoms with Crippen LogP contribution in [-0.2, 0) is 42.2 Å². The maximum Gasteiger partial charge on any atom is 0.472 e. The zero-order valence-electron chi connectivity index (χ0n) is 46.5. The third-order valence-corrected chi connectivity index (χ3v) is 12.6. The van der Waals surface area contributed by atoms with Crippen LogP contribution >= 0.6 is 7.82 Å². The molecule has 0 aromatic rings. The second kappa shape index (κ2) is 55.4. The second-order valence-electron chi connectivity index (χ2n) is 18.7. The van der Waals surface area contributed by atoms with Crippen LogP contribution in [0.2, 0.25) is 0 Å². The van der Waals surface area contributed by atoms with E-state index in [1.54, 1.807) is 0 Å². The SMILES string of the molecule is CC/C=C\C/C=C\C/C=C\C/C=C\CCC(=O)OC(CO)COP(=O)(O)OCC(COC(=O)CCCCCCC/C=C\C/C=C\C/C=C\CC)OC(=O)CCCCCCCCCCC/C=C\C/C=C\CCCCC. The predicted molar refractivity (Wildman–Crippen MR) is 307 cm³/mol. The Morgan fingerprint density at radius 1 is 0.392 bits per heavy atom. The average Bonchev–Trinajstić information content (AvgIpc) is 3.39. The number of esters is 3. The number of carbonyl (C=O) groups excluding carboxylic acids is 3. The molecule has 2 N–H and O–H groups in total. The normalized spacial score (nSPS) is 14.2. The average molecular weight is 1060 g/mol. The van der Waals surface area contributed by atoms with Crippen LogP contribution in [0.4, 0.5) is 0 Å². The third-order valence-electron chi connectivity index (χ3n) is 11.7. The molecule has 3 atom stereocenters. The number of carbonyl (C=O) groups is 3. The molecule has 0 aliphatic heterocycles. The van der Waals surface area contributed by atoms with E-state index in [1.807, 2.05) is 12.2 Å². The molecule has 0 saturated heterocycles. The van der Waals surface area contributed by atoms with Crippen LogP contribution in [0.3, 0.4) is 0 Å². The van der Waals surface area contributed by atoms with E-state index in [0.29, 0.717) is 19.3 Å².